The summed E-state index contributed by atoms with van der Waals surface area (Å²) in [6.07, 6.45) is 0.640. The van der Waals surface area contributed by atoms with Gasteiger partial charge in [-0.2, -0.15) is 0 Å². The van der Waals surface area contributed by atoms with Crippen LogP contribution >= 0.6 is 0 Å². The zero-order valence-electron chi connectivity index (χ0n) is 15.7. The van der Waals surface area contributed by atoms with Gasteiger partial charge in [-0.15, -0.1) is 0 Å². The number of para-hydroxylation sites is 1. The summed E-state index contributed by atoms with van der Waals surface area (Å²) in [6, 6.07) is 10.0. The van der Waals surface area contributed by atoms with Crippen LogP contribution in [0, 0.1) is 6.92 Å². The first-order chi connectivity index (χ1) is 12.2. The fraction of sp³-hybridized carbons (Fsp3) is 0.474. The van der Waals surface area contributed by atoms with Crippen molar-refractivity contribution >= 4 is 27.2 Å². The number of nitrogens with one attached hydrogen (secondary N) is 1. The van der Waals surface area contributed by atoms with Crippen LogP contribution in [0.5, 0.6) is 0 Å². The molecule has 1 fully saturated rings. The van der Waals surface area contributed by atoms with Gasteiger partial charge in [0.05, 0.1) is 11.5 Å². The van der Waals surface area contributed by atoms with Crippen molar-refractivity contribution in [1.29, 1.82) is 0 Å². The first-order valence-corrected chi connectivity index (χ1v) is 10.7. The summed E-state index contributed by atoms with van der Waals surface area (Å²) in [4.78, 5) is 11.0. The molecule has 1 saturated heterocycles. The Hall–Kier alpha value is -2.15. The van der Waals surface area contributed by atoms with E-state index in [2.05, 4.69) is 35.2 Å². The molecule has 0 radical (unpaired) electrons. The average Bonchev–Trinajstić information content (AvgIpc) is 2.94. The van der Waals surface area contributed by atoms with Gasteiger partial charge in [0.25, 0.3) is 0 Å². The summed E-state index contributed by atoms with van der Waals surface area (Å²) in [5.41, 5.74) is 2.25. The van der Waals surface area contributed by atoms with Gasteiger partial charge in [-0.3, -0.25) is 0 Å². The normalized spacial score (nSPS) is 18.9. The fourth-order valence-electron chi connectivity index (χ4n) is 3.32. The highest BCUT2D eigenvalue weighted by Crippen LogP contribution is 2.28. The van der Waals surface area contributed by atoms with E-state index in [0.29, 0.717) is 24.0 Å². The van der Waals surface area contributed by atoms with E-state index >= 15 is 0 Å². The molecule has 26 heavy (non-hydrogen) atoms. The van der Waals surface area contributed by atoms with Gasteiger partial charge in [0, 0.05) is 24.8 Å². The molecule has 7 heteroatoms. The molecule has 2 aromatic rings. The molecule has 140 valence electrons. The maximum atomic E-state index is 11.8. The first kappa shape index (κ1) is 18.6. The Kier molecular flexibility index (Phi) is 5.18. The topological polar surface area (TPSA) is 75.2 Å². The predicted molar refractivity (Wildman–Crippen MR) is 106 cm³/mol. The lowest BCUT2D eigenvalue weighted by molar-refractivity contribution is 0.600. The number of aromatic nitrogens is 2. The van der Waals surface area contributed by atoms with E-state index in [-0.39, 0.29) is 17.5 Å². The number of benzene rings is 1. The van der Waals surface area contributed by atoms with Crippen molar-refractivity contribution in [3.63, 3.8) is 0 Å². The molecular weight excluding hydrogens is 348 g/mol. The Balaban J connectivity index is 1.87. The molecule has 1 N–H and O–H groups in total. The molecule has 1 atom stereocenters. The zero-order valence-corrected chi connectivity index (χ0v) is 16.5. The van der Waals surface area contributed by atoms with Crippen LogP contribution in [0.4, 0.5) is 17.3 Å². The maximum absolute atomic E-state index is 11.8. The Bertz CT molecular complexity index is 896. The van der Waals surface area contributed by atoms with E-state index in [1.807, 2.05) is 43.1 Å². The van der Waals surface area contributed by atoms with Crippen molar-refractivity contribution in [3.05, 3.63) is 41.7 Å². The van der Waals surface area contributed by atoms with Crippen LogP contribution in [0.25, 0.3) is 0 Å². The van der Waals surface area contributed by atoms with E-state index in [9.17, 15) is 8.42 Å². The molecule has 0 aliphatic carbocycles. The molecule has 0 amide bonds. The summed E-state index contributed by atoms with van der Waals surface area (Å²) in [6.45, 7) is 6.17. The molecule has 6 nitrogen and oxygen atoms in total. The molecule has 1 unspecified atom stereocenters. The van der Waals surface area contributed by atoms with Gasteiger partial charge >= 0.3 is 0 Å². The summed E-state index contributed by atoms with van der Waals surface area (Å²) < 4.78 is 23.6. The molecular formula is C19H26N4O2S. The van der Waals surface area contributed by atoms with Crippen LogP contribution in [-0.4, -0.2) is 43.0 Å². The van der Waals surface area contributed by atoms with Gasteiger partial charge in [-0.25, -0.2) is 18.4 Å². The van der Waals surface area contributed by atoms with Crippen molar-refractivity contribution in [2.75, 3.05) is 28.8 Å². The second-order valence-electron chi connectivity index (χ2n) is 7.19. The minimum atomic E-state index is -2.93. The molecule has 0 saturated carbocycles. The van der Waals surface area contributed by atoms with Crippen LogP contribution in [0.2, 0.25) is 0 Å². The van der Waals surface area contributed by atoms with Gasteiger partial charge < -0.3 is 10.2 Å². The molecule has 0 spiro atoms. The summed E-state index contributed by atoms with van der Waals surface area (Å²) in [5.74, 6) is 2.94. The average molecular weight is 375 g/mol. The Morgan fingerprint density at radius 2 is 1.96 bits per heavy atom. The minimum Gasteiger partial charge on any atom is -0.355 e. The standard InChI is InChI=1S/C19H26N4O2S/c1-13(2)16-7-5-6-8-17(16)22-18-11-19(21-14(3)20-18)23(4)15-9-10-26(24,25)12-15/h5-8,11,13,15H,9-10,12H2,1-4H3,(H,20,21,22). The first-order valence-electron chi connectivity index (χ1n) is 8.90. The zero-order chi connectivity index (χ0) is 18.9. The van der Waals surface area contributed by atoms with E-state index in [1.54, 1.807) is 0 Å². The lowest BCUT2D eigenvalue weighted by Crippen LogP contribution is -2.33. The lowest BCUT2D eigenvalue weighted by Gasteiger charge is -2.25. The monoisotopic (exact) mass is 374 g/mol. The minimum absolute atomic E-state index is 0.0369. The van der Waals surface area contributed by atoms with Crippen molar-refractivity contribution in [2.24, 2.45) is 0 Å². The molecule has 2 heterocycles. The van der Waals surface area contributed by atoms with Gasteiger partial charge in [-0.05, 0) is 30.9 Å². The SMILES string of the molecule is Cc1nc(Nc2ccccc2C(C)C)cc(N(C)C2CCS(=O)(=O)C2)n1. The number of nitrogens with zero attached hydrogens (tertiary/aromatic N) is 3. The number of hydrogen-bond acceptors (Lipinski definition) is 6. The number of rotatable bonds is 5. The van der Waals surface area contributed by atoms with E-state index < -0.39 is 9.84 Å². The number of sulfone groups is 1. The molecule has 0 bridgehead atoms. The van der Waals surface area contributed by atoms with Crippen molar-refractivity contribution in [3.8, 4) is 0 Å². The van der Waals surface area contributed by atoms with Gasteiger partial charge in [0.15, 0.2) is 9.84 Å². The summed E-state index contributed by atoms with van der Waals surface area (Å²) >= 11 is 0. The molecule has 1 aliphatic rings. The molecule has 1 aromatic heterocycles. The summed E-state index contributed by atoms with van der Waals surface area (Å²) in [7, 11) is -1.03. The smallest absolute Gasteiger partial charge is 0.152 e. The third-order valence-corrected chi connectivity index (χ3v) is 6.54. The molecule has 3 rings (SSSR count). The van der Waals surface area contributed by atoms with E-state index in [0.717, 1.165) is 11.5 Å². The predicted octanol–water partition coefficient (Wildman–Crippen LogP) is 3.28. The third kappa shape index (κ3) is 4.15. The highest BCUT2D eigenvalue weighted by Gasteiger charge is 2.31. The van der Waals surface area contributed by atoms with E-state index in [4.69, 9.17) is 0 Å². The highest BCUT2D eigenvalue weighted by atomic mass is 32.2. The molecule has 1 aliphatic heterocycles. The van der Waals surface area contributed by atoms with Crippen LogP contribution < -0.4 is 10.2 Å². The fourth-order valence-corrected chi connectivity index (χ4v) is 5.09. The molecule has 1 aromatic carbocycles. The largest absolute Gasteiger partial charge is 0.355 e. The van der Waals surface area contributed by atoms with Crippen LogP contribution in [0.3, 0.4) is 0 Å². The van der Waals surface area contributed by atoms with E-state index in [1.165, 1.54) is 5.56 Å². The number of anilines is 3. The number of hydrogen-bond donors (Lipinski definition) is 1. The second kappa shape index (κ2) is 7.23. The van der Waals surface area contributed by atoms with Crippen molar-refractivity contribution in [1.82, 2.24) is 9.97 Å². The quantitative estimate of drug-likeness (QED) is 0.866. The van der Waals surface area contributed by atoms with Crippen molar-refractivity contribution in [2.45, 2.75) is 39.2 Å². The van der Waals surface area contributed by atoms with Crippen LogP contribution in [0.1, 0.15) is 37.6 Å². The Morgan fingerprint density at radius 1 is 1.23 bits per heavy atom. The van der Waals surface area contributed by atoms with Gasteiger partial charge in [0.1, 0.15) is 17.5 Å². The highest BCUT2D eigenvalue weighted by molar-refractivity contribution is 7.91. The maximum Gasteiger partial charge on any atom is 0.152 e. The Labute approximate surface area is 155 Å². The second-order valence-corrected chi connectivity index (χ2v) is 9.42. The van der Waals surface area contributed by atoms with Crippen molar-refractivity contribution < 1.29 is 8.42 Å². The summed E-state index contributed by atoms with van der Waals surface area (Å²) in [5, 5.41) is 3.40. The Morgan fingerprint density at radius 3 is 2.62 bits per heavy atom. The van der Waals surface area contributed by atoms with Gasteiger partial charge in [-0.1, -0.05) is 32.0 Å². The lowest BCUT2D eigenvalue weighted by atomic mass is 10.0. The van der Waals surface area contributed by atoms with Crippen LogP contribution in [-0.2, 0) is 9.84 Å². The van der Waals surface area contributed by atoms with Crippen LogP contribution in [0.15, 0.2) is 30.3 Å². The third-order valence-electron chi connectivity index (χ3n) is 4.79. The van der Waals surface area contributed by atoms with Gasteiger partial charge in [0.2, 0.25) is 0 Å². The number of aryl methyl sites for hydroxylation is 1.